The van der Waals surface area contributed by atoms with Crippen molar-refractivity contribution in [3.05, 3.63) is 24.2 Å². The summed E-state index contributed by atoms with van der Waals surface area (Å²) < 4.78 is 5.28. The molecule has 3 aliphatic rings. The molecule has 0 bridgehead atoms. The highest BCUT2D eigenvalue weighted by Crippen LogP contribution is 2.43. The Labute approximate surface area is 150 Å². The van der Waals surface area contributed by atoms with Crippen molar-refractivity contribution in [2.24, 2.45) is 5.41 Å². The van der Waals surface area contributed by atoms with Gasteiger partial charge in [0.05, 0.1) is 6.26 Å². The first kappa shape index (κ1) is 17.1. The molecule has 1 atom stereocenters. The topological polar surface area (TPSA) is 57.5 Å². The maximum absolute atomic E-state index is 12.5. The van der Waals surface area contributed by atoms with Crippen LogP contribution in [0, 0.1) is 5.41 Å². The summed E-state index contributed by atoms with van der Waals surface area (Å²) in [6.45, 7) is 4.05. The summed E-state index contributed by atoms with van der Waals surface area (Å²) in [5.74, 6) is 0.500. The van der Waals surface area contributed by atoms with Gasteiger partial charge in [0.25, 0.3) is 5.91 Å². The molecule has 0 radical (unpaired) electrons. The second kappa shape index (κ2) is 7.50. The minimum absolute atomic E-state index is 0.0359. The number of nitrogens with one attached hydrogen (secondary N) is 2. The predicted octanol–water partition coefficient (Wildman–Crippen LogP) is 2.79. The molecule has 0 aromatic carbocycles. The first-order valence-electron chi connectivity index (χ1n) is 10.0. The zero-order valence-electron chi connectivity index (χ0n) is 15.1. The minimum atomic E-state index is 0.0359. The lowest BCUT2D eigenvalue weighted by Gasteiger charge is -2.44. The van der Waals surface area contributed by atoms with E-state index in [9.17, 15) is 4.79 Å². The van der Waals surface area contributed by atoms with E-state index >= 15 is 0 Å². The number of hydrogen-bond acceptors (Lipinski definition) is 4. The first-order chi connectivity index (χ1) is 12.2. The average Bonchev–Trinajstić information content (AvgIpc) is 3.19. The van der Waals surface area contributed by atoms with E-state index < -0.39 is 0 Å². The maximum atomic E-state index is 12.5. The van der Waals surface area contributed by atoms with Crippen LogP contribution in [0.1, 0.15) is 61.9 Å². The molecule has 4 rings (SSSR count). The van der Waals surface area contributed by atoms with Crippen molar-refractivity contribution in [3.8, 4) is 0 Å². The van der Waals surface area contributed by atoms with E-state index in [-0.39, 0.29) is 5.91 Å². The van der Waals surface area contributed by atoms with Crippen LogP contribution in [-0.2, 0) is 0 Å². The van der Waals surface area contributed by atoms with Crippen LogP contribution < -0.4 is 10.6 Å². The van der Waals surface area contributed by atoms with Gasteiger partial charge in [-0.05, 0) is 82.0 Å². The number of carbonyl (C=O) groups excluding carboxylic acids is 1. The van der Waals surface area contributed by atoms with Gasteiger partial charge in [0, 0.05) is 25.2 Å². The monoisotopic (exact) mass is 345 g/mol. The van der Waals surface area contributed by atoms with Crippen LogP contribution in [0.15, 0.2) is 22.8 Å². The second-order valence-corrected chi connectivity index (χ2v) is 8.26. The van der Waals surface area contributed by atoms with Gasteiger partial charge in [0.15, 0.2) is 5.76 Å². The Kier molecular flexibility index (Phi) is 5.13. The second-order valence-electron chi connectivity index (χ2n) is 8.26. The molecule has 2 saturated heterocycles. The molecular formula is C20H31N3O2. The van der Waals surface area contributed by atoms with Crippen molar-refractivity contribution in [3.63, 3.8) is 0 Å². The number of likely N-dealkylation sites (tertiary alicyclic amines) is 1. The molecule has 2 aliphatic heterocycles. The van der Waals surface area contributed by atoms with E-state index in [1.807, 2.05) is 4.90 Å². The Balaban J connectivity index is 1.27. The summed E-state index contributed by atoms with van der Waals surface area (Å²) in [5.41, 5.74) is 0.622. The highest BCUT2D eigenvalue weighted by Gasteiger charge is 2.37. The Morgan fingerprint density at radius 1 is 1.16 bits per heavy atom. The van der Waals surface area contributed by atoms with Crippen molar-refractivity contribution < 1.29 is 9.21 Å². The Hall–Kier alpha value is -1.33. The van der Waals surface area contributed by atoms with E-state index in [0.717, 1.165) is 19.5 Å². The van der Waals surface area contributed by atoms with E-state index in [0.29, 0.717) is 23.3 Å². The Bertz CT molecular complexity index is 556. The van der Waals surface area contributed by atoms with E-state index in [2.05, 4.69) is 10.6 Å². The van der Waals surface area contributed by atoms with Gasteiger partial charge in [0.1, 0.15) is 0 Å². The van der Waals surface area contributed by atoms with E-state index in [1.54, 1.807) is 18.4 Å². The number of amides is 1. The van der Waals surface area contributed by atoms with Crippen molar-refractivity contribution in [1.29, 1.82) is 0 Å². The SMILES string of the molecule is O=C(c1ccco1)N1CCC[C@@H](NC2CCC3(CCNCC3)CC2)C1. The Morgan fingerprint density at radius 2 is 1.96 bits per heavy atom. The van der Waals surface area contributed by atoms with Gasteiger partial charge in [-0.2, -0.15) is 0 Å². The van der Waals surface area contributed by atoms with Gasteiger partial charge >= 0.3 is 0 Å². The van der Waals surface area contributed by atoms with Gasteiger partial charge in [-0.15, -0.1) is 0 Å². The molecule has 1 spiro atoms. The average molecular weight is 345 g/mol. The predicted molar refractivity (Wildman–Crippen MR) is 97.6 cm³/mol. The zero-order valence-corrected chi connectivity index (χ0v) is 15.1. The highest BCUT2D eigenvalue weighted by atomic mass is 16.3. The molecule has 2 N–H and O–H groups in total. The quantitative estimate of drug-likeness (QED) is 0.884. The summed E-state index contributed by atoms with van der Waals surface area (Å²) in [6, 6.07) is 4.61. The molecule has 5 heteroatoms. The van der Waals surface area contributed by atoms with Crippen LogP contribution in [0.4, 0.5) is 0 Å². The van der Waals surface area contributed by atoms with Gasteiger partial charge < -0.3 is 20.0 Å². The summed E-state index contributed by atoms with van der Waals surface area (Å²) in [7, 11) is 0. The largest absolute Gasteiger partial charge is 0.459 e. The van der Waals surface area contributed by atoms with Crippen LogP contribution in [0.25, 0.3) is 0 Å². The third kappa shape index (κ3) is 3.93. The van der Waals surface area contributed by atoms with Crippen molar-refractivity contribution >= 4 is 5.91 Å². The lowest BCUT2D eigenvalue weighted by molar-refractivity contribution is 0.0638. The molecule has 1 aromatic rings. The summed E-state index contributed by atoms with van der Waals surface area (Å²) in [6.07, 6.45) is 11.9. The fourth-order valence-electron chi connectivity index (χ4n) is 5.04. The van der Waals surface area contributed by atoms with Crippen molar-refractivity contribution in [2.45, 2.75) is 63.5 Å². The minimum Gasteiger partial charge on any atom is -0.459 e. The van der Waals surface area contributed by atoms with Gasteiger partial charge in [0.2, 0.25) is 0 Å². The highest BCUT2D eigenvalue weighted by molar-refractivity contribution is 5.91. The van der Waals surface area contributed by atoms with Gasteiger partial charge in [-0.1, -0.05) is 0 Å². The number of nitrogens with zero attached hydrogens (tertiary/aromatic N) is 1. The molecular weight excluding hydrogens is 314 g/mol. The molecule has 1 saturated carbocycles. The third-order valence-electron chi connectivity index (χ3n) is 6.62. The Morgan fingerprint density at radius 3 is 2.68 bits per heavy atom. The van der Waals surface area contributed by atoms with E-state index in [4.69, 9.17) is 4.42 Å². The zero-order chi connectivity index (χ0) is 17.1. The third-order valence-corrected chi connectivity index (χ3v) is 6.62. The van der Waals surface area contributed by atoms with Crippen LogP contribution >= 0.6 is 0 Å². The smallest absolute Gasteiger partial charge is 0.289 e. The molecule has 1 amide bonds. The lowest BCUT2D eigenvalue weighted by atomic mass is 9.67. The molecule has 138 valence electrons. The molecule has 5 nitrogen and oxygen atoms in total. The van der Waals surface area contributed by atoms with Crippen LogP contribution in [0.5, 0.6) is 0 Å². The fraction of sp³-hybridized carbons (Fsp3) is 0.750. The number of hydrogen-bond donors (Lipinski definition) is 2. The van der Waals surface area contributed by atoms with Crippen LogP contribution in [0.2, 0.25) is 0 Å². The maximum Gasteiger partial charge on any atom is 0.289 e. The molecule has 1 aliphatic carbocycles. The molecule has 3 heterocycles. The van der Waals surface area contributed by atoms with Crippen molar-refractivity contribution in [2.75, 3.05) is 26.2 Å². The molecule has 3 fully saturated rings. The number of furan rings is 1. The summed E-state index contributed by atoms with van der Waals surface area (Å²) in [5, 5.41) is 7.37. The van der Waals surface area contributed by atoms with Crippen LogP contribution in [0.3, 0.4) is 0 Å². The van der Waals surface area contributed by atoms with Gasteiger partial charge in [-0.25, -0.2) is 0 Å². The normalized spacial score (nSPS) is 27.5. The van der Waals surface area contributed by atoms with E-state index in [1.165, 1.54) is 58.0 Å². The molecule has 25 heavy (non-hydrogen) atoms. The van der Waals surface area contributed by atoms with Crippen molar-refractivity contribution in [1.82, 2.24) is 15.5 Å². The summed E-state index contributed by atoms with van der Waals surface area (Å²) in [4.78, 5) is 14.5. The number of carbonyl (C=O) groups is 1. The first-order valence-corrected chi connectivity index (χ1v) is 10.0. The fourth-order valence-corrected chi connectivity index (χ4v) is 5.04. The van der Waals surface area contributed by atoms with Gasteiger partial charge in [-0.3, -0.25) is 4.79 Å². The molecule has 0 unspecified atom stereocenters. The molecule has 1 aromatic heterocycles. The summed E-state index contributed by atoms with van der Waals surface area (Å²) >= 11 is 0. The number of rotatable bonds is 3. The lowest BCUT2D eigenvalue weighted by Crippen LogP contribution is -2.52. The standard InChI is InChI=1S/C20H31N3O2/c24-19(18-4-2-14-25-18)23-13-1-3-17(15-23)22-16-5-7-20(8-6-16)9-11-21-12-10-20/h2,4,14,16-17,21-22H,1,3,5-13,15H2/t17-/m1/s1. The number of piperidine rings is 2. The van der Waals surface area contributed by atoms with Crippen LogP contribution in [-0.4, -0.2) is 49.1 Å².